The molecule has 0 saturated carbocycles. The monoisotopic (exact) mass is 307 g/mol. The summed E-state index contributed by atoms with van der Waals surface area (Å²) in [4.78, 5) is 19.8. The minimum absolute atomic E-state index is 0.0565. The van der Waals surface area contributed by atoms with Crippen molar-refractivity contribution in [2.24, 2.45) is 0 Å². The first-order valence-corrected chi connectivity index (χ1v) is 7.38. The number of para-hydroxylation sites is 1. The van der Waals surface area contributed by atoms with Gasteiger partial charge < -0.3 is 10.4 Å². The molecule has 0 unspecified atom stereocenters. The van der Waals surface area contributed by atoms with Crippen LogP contribution >= 0.6 is 0 Å². The number of carbonyl (C=O) groups is 1. The number of rotatable bonds is 5. The molecular weight excluding hydrogens is 290 g/mol. The third-order valence-electron chi connectivity index (χ3n) is 3.72. The first-order chi connectivity index (χ1) is 11.1. The number of fused-ring (bicyclic) bond motifs is 1. The Morgan fingerprint density at radius 2 is 2.04 bits per heavy atom. The number of hydrogen-bond donors (Lipinski definition) is 2. The second-order valence-corrected chi connectivity index (χ2v) is 5.35. The average molecular weight is 307 g/mol. The Labute approximate surface area is 134 Å². The van der Waals surface area contributed by atoms with Crippen LogP contribution in [0.5, 0.6) is 0 Å². The fourth-order valence-electron chi connectivity index (χ4n) is 2.64. The van der Waals surface area contributed by atoms with Crippen LogP contribution in [0.3, 0.4) is 0 Å². The minimum Gasteiger partial charge on any atom is -0.481 e. The summed E-state index contributed by atoms with van der Waals surface area (Å²) in [5.74, 6) is -0.866. The topological polar surface area (TPSA) is 75.1 Å². The van der Waals surface area contributed by atoms with E-state index in [-0.39, 0.29) is 6.42 Å². The number of carboxylic acid groups (broad SMARTS) is 1. The molecule has 0 saturated heterocycles. The van der Waals surface area contributed by atoms with Crippen LogP contribution in [0.25, 0.3) is 10.9 Å². The lowest BCUT2D eigenvalue weighted by Gasteiger charge is -2.16. The highest BCUT2D eigenvalue weighted by molar-refractivity contribution is 5.94. The summed E-state index contributed by atoms with van der Waals surface area (Å²) in [6.45, 7) is 2.42. The molecule has 3 rings (SSSR count). The average Bonchev–Trinajstić information content (AvgIpc) is 2.55. The Kier molecular flexibility index (Phi) is 4.19. The molecule has 0 aliphatic rings. The summed E-state index contributed by atoms with van der Waals surface area (Å²) in [5, 5.41) is 13.5. The molecule has 5 nitrogen and oxygen atoms in total. The van der Waals surface area contributed by atoms with Crippen molar-refractivity contribution in [3.05, 3.63) is 65.6 Å². The van der Waals surface area contributed by atoms with E-state index in [4.69, 9.17) is 0 Å². The van der Waals surface area contributed by atoms with Crippen molar-refractivity contribution in [2.75, 3.05) is 5.32 Å². The molecule has 0 radical (unpaired) electrons. The lowest BCUT2D eigenvalue weighted by atomic mass is 10.0. The fraction of sp³-hybridized carbons (Fsp3) is 0.167. The summed E-state index contributed by atoms with van der Waals surface area (Å²) in [5.41, 5.74) is 4.18. The number of pyridine rings is 2. The van der Waals surface area contributed by atoms with Crippen LogP contribution in [0.4, 0.5) is 5.69 Å². The van der Waals surface area contributed by atoms with Gasteiger partial charge in [-0.15, -0.1) is 0 Å². The predicted molar refractivity (Wildman–Crippen MR) is 89.4 cm³/mol. The third kappa shape index (κ3) is 3.29. The zero-order chi connectivity index (χ0) is 16.2. The van der Waals surface area contributed by atoms with Crippen molar-refractivity contribution in [1.82, 2.24) is 9.97 Å². The van der Waals surface area contributed by atoms with Gasteiger partial charge in [-0.2, -0.15) is 0 Å². The maximum absolute atomic E-state index is 11.2. The lowest BCUT2D eigenvalue weighted by molar-refractivity contribution is -0.136. The van der Waals surface area contributed by atoms with Crippen LogP contribution in [0, 0.1) is 6.92 Å². The van der Waals surface area contributed by atoms with E-state index in [0.717, 1.165) is 33.4 Å². The molecule has 0 atom stereocenters. The normalized spacial score (nSPS) is 10.7. The number of hydrogen-bond acceptors (Lipinski definition) is 4. The second-order valence-electron chi connectivity index (χ2n) is 5.35. The summed E-state index contributed by atoms with van der Waals surface area (Å²) in [7, 11) is 0. The third-order valence-corrected chi connectivity index (χ3v) is 3.72. The van der Waals surface area contributed by atoms with Gasteiger partial charge in [-0.05, 0) is 24.6 Å². The van der Waals surface area contributed by atoms with Crippen LogP contribution in [0.2, 0.25) is 0 Å². The maximum Gasteiger partial charge on any atom is 0.307 e. The molecule has 2 heterocycles. The Hall–Kier alpha value is -2.95. The Morgan fingerprint density at radius 3 is 2.78 bits per heavy atom. The summed E-state index contributed by atoms with van der Waals surface area (Å²) in [6, 6.07) is 11.6. The SMILES string of the molecule is Cc1nc2ccccc2c(NCc2cccnc2)c1CC(=O)O. The standard InChI is InChI=1S/C18H17N3O2/c1-12-15(9-17(22)23)18(14-6-2-3-7-16(14)21-12)20-11-13-5-4-8-19-10-13/h2-8,10H,9,11H2,1H3,(H,20,21)(H,22,23). The number of aliphatic carboxylic acids is 1. The van der Waals surface area contributed by atoms with Crippen LogP contribution in [-0.2, 0) is 17.8 Å². The van der Waals surface area contributed by atoms with Crippen molar-refractivity contribution in [3.8, 4) is 0 Å². The number of aryl methyl sites for hydroxylation is 1. The van der Waals surface area contributed by atoms with E-state index in [2.05, 4.69) is 15.3 Å². The molecule has 1 aromatic carbocycles. The van der Waals surface area contributed by atoms with E-state index >= 15 is 0 Å². The number of nitrogens with zero attached hydrogens (tertiary/aromatic N) is 2. The molecule has 0 aliphatic carbocycles. The van der Waals surface area contributed by atoms with Gasteiger partial charge in [-0.25, -0.2) is 0 Å². The van der Waals surface area contributed by atoms with Crippen molar-refractivity contribution in [1.29, 1.82) is 0 Å². The molecular formula is C18H17N3O2. The highest BCUT2D eigenvalue weighted by atomic mass is 16.4. The van der Waals surface area contributed by atoms with Crippen molar-refractivity contribution in [2.45, 2.75) is 19.9 Å². The zero-order valence-electron chi connectivity index (χ0n) is 12.8. The molecule has 0 fully saturated rings. The Balaban J connectivity index is 2.05. The molecule has 0 bridgehead atoms. The maximum atomic E-state index is 11.2. The molecule has 0 amide bonds. The molecule has 0 spiro atoms. The number of anilines is 1. The minimum atomic E-state index is -0.866. The van der Waals surface area contributed by atoms with Gasteiger partial charge in [0.1, 0.15) is 0 Å². The first kappa shape index (κ1) is 15.0. The highest BCUT2D eigenvalue weighted by Gasteiger charge is 2.15. The van der Waals surface area contributed by atoms with E-state index < -0.39 is 5.97 Å². The first-order valence-electron chi connectivity index (χ1n) is 7.38. The smallest absolute Gasteiger partial charge is 0.307 e. The van der Waals surface area contributed by atoms with E-state index in [0.29, 0.717) is 6.54 Å². The summed E-state index contributed by atoms with van der Waals surface area (Å²) < 4.78 is 0. The van der Waals surface area contributed by atoms with E-state index in [9.17, 15) is 9.90 Å². The second kappa shape index (κ2) is 6.44. The number of benzene rings is 1. The zero-order valence-corrected chi connectivity index (χ0v) is 12.8. The number of carboxylic acids is 1. The molecule has 3 aromatic rings. The van der Waals surface area contributed by atoms with Gasteiger partial charge in [0.05, 0.1) is 11.9 Å². The quantitative estimate of drug-likeness (QED) is 0.757. The van der Waals surface area contributed by atoms with Gasteiger partial charge in [0.25, 0.3) is 0 Å². The number of aromatic nitrogens is 2. The van der Waals surface area contributed by atoms with Crippen molar-refractivity contribution >= 4 is 22.6 Å². The van der Waals surface area contributed by atoms with Gasteiger partial charge in [-0.1, -0.05) is 24.3 Å². The van der Waals surface area contributed by atoms with Crippen LogP contribution < -0.4 is 5.32 Å². The molecule has 116 valence electrons. The van der Waals surface area contributed by atoms with Crippen LogP contribution in [0.1, 0.15) is 16.8 Å². The molecule has 2 N–H and O–H groups in total. The lowest BCUT2D eigenvalue weighted by Crippen LogP contribution is -2.10. The fourth-order valence-corrected chi connectivity index (χ4v) is 2.64. The molecule has 5 heteroatoms. The predicted octanol–water partition coefficient (Wildman–Crippen LogP) is 3.18. The van der Waals surface area contributed by atoms with Crippen molar-refractivity contribution in [3.63, 3.8) is 0 Å². The highest BCUT2D eigenvalue weighted by Crippen LogP contribution is 2.29. The Morgan fingerprint density at radius 1 is 1.22 bits per heavy atom. The van der Waals surface area contributed by atoms with Gasteiger partial charge in [0.2, 0.25) is 0 Å². The van der Waals surface area contributed by atoms with E-state index in [1.54, 1.807) is 12.4 Å². The Bertz CT molecular complexity index is 848. The van der Waals surface area contributed by atoms with Crippen molar-refractivity contribution < 1.29 is 9.90 Å². The van der Waals surface area contributed by atoms with Gasteiger partial charge >= 0.3 is 5.97 Å². The molecule has 2 aromatic heterocycles. The van der Waals surface area contributed by atoms with E-state index in [1.807, 2.05) is 43.3 Å². The van der Waals surface area contributed by atoms with Gasteiger partial charge in [-0.3, -0.25) is 14.8 Å². The summed E-state index contributed by atoms with van der Waals surface area (Å²) >= 11 is 0. The molecule has 0 aliphatic heterocycles. The molecule has 23 heavy (non-hydrogen) atoms. The summed E-state index contributed by atoms with van der Waals surface area (Å²) in [6.07, 6.45) is 3.46. The van der Waals surface area contributed by atoms with Gasteiger partial charge in [0, 0.05) is 41.3 Å². The largest absolute Gasteiger partial charge is 0.481 e. The van der Waals surface area contributed by atoms with E-state index in [1.165, 1.54) is 0 Å². The van der Waals surface area contributed by atoms with Gasteiger partial charge in [0.15, 0.2) is 0 Å². The van der Waals surface area contributed by atoms with Crippen LogP contribution in [0.15, 0.2) is 48.8 Å². The van der Waals surface area contributed by atoms with Crippen LogP contribution in [-0.4, -0.2) is 21.0 Å². The number of nitrogens with one attached hydrogen (secondary N) is 1.